The lowest BCUT2D eigenvalue weighted by Gasteiger charge is -2.28. The van der Waals surface area contributed by atoms with Gasteiger partial charge in [-0.3, -0.25) is 9.69 Å². The van der Waals surface area contributed by atoms with Crippen molar-refractivity contribution in [1.29, 1.82) is 5.41 Å². The minimum atomic E-state index is -0.563. The zero-order valence-corrected chi connectivity index (χ0v) is 20.5. The van der Waals surface area contributed by atoms with E-state index in [-0.39, 0.29) is 16.3 Å². The molecule has 0 radical (unpaired) electrons. The molecule has 0 spiro atoms. The van der Waals surface area contributed by atoms with Crippen molar-refractivity contribution in [3.63, 3.8) is 0 Å². The number of halogens is 1. The van der Waals surface area contributed by atoms with Crippen molar-refractivity contribution < 1.29 is 14.6 Å². The van der Waals surface area contributed by atoms with Gasteiger partial charge in [-0.15, -0.1) is 0 Å². The first kappa shape index (κ1) is 25.2. The topological polar surface area (TPSA) is 99.6 Å². The van der Waals surface area contributed by atoms with Crippen LogP contribution in [-0.4, -0.2) is 41.8 Å². The Labute approximate surface area is 215 Å². The third-order valence-electron chi connectivity index (χ3n) is 6.18. The molecule has 6 nitrogen and oxygen atoms in total. The maximum absolute atomic E-state index is 10.5. The second-order valence-electron chi connectivity index (χ2n) is 8.52. The molecule has 1 heterocycles. The molecular weight excluding hydrogens is 474 g/mol. The first-order chi connectivity index (χ1) is 17.5. The second kappa shape index (κ2) is 11.7. The van der Waals surface area contributed by atoms with Crippen LogP contribution in [-0.2, 0) is 13.0 Å². The Morgan fingerprint density at radius 3 is 2.47 bits per heavy atom. The predicted octanol–water partition coefficient (Wildman–Crippen LogP) is 5.42. The first-order valence-electron chi connectivity index (χ1n) is 11.7. The Balaban J connectivity index is 0.000000233. The van der Waals surface area contributed by atoms with Crippen molar-refractivity contribution in [2.24, 2.45) is 5.73 Å². The normalized spacial score (nSPS) is 12.8. The van der Waals surface area contributed by atoms with E-state index in [0.29, 0.717) is 6.61 Å². The van der Waals surface area contributed by atoms with Crippen LogP contribution in [0, 0.1) is 5.41 Å². The molecule has 36 heavy (non-hydrogen) atoms. The zero-order chi connectivity index (χ0) is 25.5. The maximum atomic E-state index is 10.5. The molecule has 0 aliphatic carbocycles. The highest BCUT2D eigenvalue weighted by atomic mass is 35.5. The fraction of sp³-hybridized carbons (Fsp3) is 0.172. The van der Waals surface area contributed by atoms with Gasteiger partial charge in [0.05, 0.1) is 5.02 Å². The fourth-order valence-corrected chi connectivity index (χ4v) is 4.42. The lowest BCUT2D eigenvalue weighted by molar-refractivity contribution is 0.100. The van der Waals surface area contributed by atoms with Crippen LogP contribution >= 0.6 is 11.6 Å². The summed E-state index contributed by atoms with van der Waals surface area (Å²) >= 11 is 5.50. The molecule has 0 atom stereocenters. The molecule has 4 aromatic carbocycles. The highest BCUT2D eigenvalue weighted by Crippen LogP contribution is 2.28. The molecule has 4 aromatic rings. The Hall–Kier alpha value is -3.87. The van der Waals surface area contributed by atoms with E-state index < -0.39 is 5.91 Å². The van der Waals surface area contributed by atoms with Crippen LogP contribution in [0.2, 0.25) is 5.02 Å². The molecule has 0 aromatic heterocycles. The van der Waals surface area contributed by atoms with Crippen LogP contribution in [0.5, 0.6) is 11.5 Å². The molecule has 0 fully saturated rings. The largest absolute Gasteiger partial charge is 0.506 e. The maximum Gasteiger partial charge on any atom is 0.248 e. The number of phenols is 1. The summed E-state index contributed by atoms with van der Waals surface area (Å²) in [5.74, 6) is 0.280. The van der Waals surface area contributed by atoms with Crippen LogP contribution < -0.4 is 10.5 Å². The van der Waals surface area contributed by atoms with Crippen molar-refractivity contribution in [1.82, 2.24) is 4.90 Å². The molecular formula is C29H28ClN3O3. The van der Waals surface area contributed by atoms with Gasteiger partial charge in [0.25, 0.3) is 0 Å². The minimum Gasteiger partial charge on any atom is -0.506 e. The zero-order valence-electron chi connectivity index (χ0n) is 19.8. The van der Waals surface area contributed by atoms with E-state index in [4.69, 9.17) is 32.6 Å². The summed E-state index contributed by atoms with van der Waals surface area (Å²) in [5, 5.41) is 18.8. The minimum absolute atomic E-state index is 0.0586. The van der Waals surface area contributed by atoms with Gasteiger partial charge in [-0.05, 0) is 53.3 Å². The SMILES string of the molecule is N=Cc1ccc(OCCN2CCc3ccccc3C2)c2ccccc12.NC(=O)c1ccc(O)c(Cl)c1. The van der Waals surface area contributed by atoms with E-state index >= 15 is 0 Å². The van der Waals surface area contributed by atoms with E-state index in [1.807, 2.05) is 30.3 Å². The number of rotatable bonds is 6. The molecule has 5 rings (SSSR count). The van der Waals surface area contributed by atoms with E-state index in [2.05, 4.69) is 35.2 Å². The number of nitrogens with two attached hydrogens (primary N) is 1. The van der Waals surface area contributed by atoms with Crippen molar-refractivity contribution in [3.8, 4) is 11.5 Å². The Morgan fingerprint density at radius 1 is 1.03 bits per heavy atom. The molecule has 1 amide bonds. The number of amides is 1. The van der Waals surface area contributed by atoms with Crippen LogP contribution in [0.4, 0.5) is 0 Å². The summed E-state index contributed by atoms with van der Waals surface area (Å²) in [5.41, 5.74) is 9.08. The number of hydrogen-bond donors (Lipinski definition) is 3. The van der Waals surface area contributed by atoms with Gasteiger partial charge in [0.2, 0.25) is 5.91 Å². The van der Waals surface area contributed by atoms with Crippen molar-refractivity contribution in [2.75, 3.05) is 19.7 Å². The average Bonchev–Trinajstić information content (AvgIpc) is 2.90. The molecule has 184 valence electrons. The van der Waals surface area contributed by atoms with Crippen LogP contribution in [0.25, 0.3) is 10.8 Å². The van der Waals surface area contributed by atoms with Gasteiger partial charge in [-0.25, -0.2) is 0 Å². The van der Waals surface area contributed by atoms with Crippen LogP contribution in [0.1, 0.15) is 27.0 Å². The summed E-state index contributed by atoms with van der Waals surface area (Å²) < 4.78 is 6.09. The van der Waals surface area contributed by atoms with Gasteiger partial charge >= 0.3 is 0 Å². The molecule has 0 saturated carbocycles. The lowest BCUT2D eigenvalue weighted by Crippen LogP contribution is -2.33. The number of nitrogens with one attached hydrogen (secondary N) is 1. The summed E-state index contributed by atoms with van der Waals surface area (Å²) in [6.45, 7) is 3.70. The van der Waals surface area contributed by atoms with Crippen molar-refractivity contribution in [3.05, 3.63) is 106 Å². The summed E-state index contributed by atoms with van der Waals surface area (Å²) in [4.78, 5) is 13.0. The fourth-order valence-electron chi connectivity index (χ4n) is 4.24. The molecule has 4 N–H and O–H groups in total. The molecule has 7 heteroatoms. The van der Waals surface area contributed by atoms with Gasteiger partial charge in [-0.1, -0.05) is 60.1 Å². The van der Waals surface area contributed by atoms with Gasteiger partial charge in [0.15, 0.2) is 0 Å². The van der Waals surface area contributed by atoms with Crippen molar-refractivity contribution >= 4 is 34.5 Å². The quantitative estimate of drug-likeness (QED) is 0.307. The number of phenolic OH excluding ortho intramolecular Hbond substituents is 1. The molecule has 0 unspecified atom stereocenters. The molecule has 0 saturated heterocycles. The standard InChI is InChI=1S/C22H22N2O.C7H6ClNO2/c23-15-18-9-10-22(21-8-4-3-7-20(18)21)25-14-13-24-12-11-17-5-1-2-6-19(17)16-24;8-5-3-4(7(9)11)1-2-6(5)10/h1-10,15,23H,11-14,16H2;1-3,10H,(H2,9,11). The number of nitrogens with zero attached hydrogens (tertiary/aromatic N) is 1. The van der Waals surface area contributed by atoms with Gasteiger partial charge < -0.3 is 21.0 Å². The number of benzene rings is 4. The molecule has 1 aliphatic rings. The number of carbonyl (C=O) groups is 1. The average molecular weight is 502 g/mol. The lowest BCUT2D eigenvalue weighted by atomic mass is 10.0. The second-order valence-corrected chi connectivity index (χ2v) is 8.92. The number of carbonyl (C=O) groups excluding carboxylic acids is 1. The third-order valence-corrected chi connectivity index (χ3v) is 6.48. The Kier molecular flexibility index (Phi) is 8.21. The van der Waals surface area contributed by atoms with Gasteiger partial charge in [0.1, 0.15) is 18.1 Å². The monoisotopic (exact) mass is 501 g/mol. The Bertz CT molecular complexity index is 1390. The van der Waals surface area contributed by atoms with E-state index in [1.165, 1.54) is 35.5 Å². The van der Waals surface area contributed by atoms with Crippen molar-refractivity contribution in [2.45, 2.75) is 13.0 Å². The predicted molar refractivity (Wildman–Crippen MR) is 144 cm³/mol. The van der Waals surface area contributed by atoms with Crippen LogP contribution in [0.15, 0.2) is 78.9 Å². The highest BCUT2D eigenvalue weighted by Gasteiger charge is 2.15. The van der Waals surface area contributed by atoms with E-state index in [0.717, 1.165) is 48.1 Å². The number of aromatic hydroxyl groups is 1. The van der Waals surface area contributed by atoms with Gasteiger partial charge in [-0.2, -0.15) is 0 Å². The highest BCUT2D eigenvalue weighted by molar-refractivity contribution is 6.32. The number of ether oxygens (including phenoxy) is 1. The van der Waals surface area contributed by atoms with Crippen LogP contribution in [0.3, 0.4) is 0 Å². The third kappa shape index (κ3) is 6.03. The summed E-state index contributed by atoms with van der Waals surface area (Å²) in [6.07, 6.45) is 2.52. The molecule has 1 aliphatic heterocycles. The summed E-state index contributed by atoms with van der Waals surface area (Å²) in [7, 11) is 0. The Morgan fingerprint density at radius 2 is 1.75 bits per heavy atom. The van der Waals surface area contributed by atoms with E-state index in [9.17, 15) is 4.79 Å². The smallest absolute Gasteiger partial charge is 0.248 e. The van der Waals surface area contributed by atoms with Gasteiger partial charge in [0, 0.05) is 42.4 Å². The summed E-state index contributed by atoms with van der Waals surface area (Å²) in [6, 6.07) is 24.8. The number of primary amides is 1. The number of fused-ring (bicyclic) bond motifs is 2. The number of hydrogen-bond acceptors (Lipinski definition) is 5. The van der Waals surface area contributed by atoms with E-state index in [1.54, 1.807) is 0 Å². The molecule has 0 bridgehead atoms. The first-order valence-corrected chi connectivity index (χ1v) is 12.1.